The van der Waals surface area contributed by atoms with Crippen molar-refractivity contribution in [1.29, 1.82) is 0 Å². The van der Waals surface area contributed by atoms with Crippen molar-refractivity contribution < 1.29 is 4.79 Å². The fourth-order valence-electron chi connectivity index (χ4n) is 2.74. The minimum absolute atomic E-state index is 0.0703. The normalized spacial score (nSPS) is 27.8. The number of rotatable bonds is 2. The summed E-state index contributed by atoms with van der Waals surface area (Å²) < 4.78 is 0. The smallest absolute Gasteiger partial charge is 0.251 e. The van der Waals surface area contributed by atoms with Gasteiger partial charge in [0.25, 0.3) is 5.91 Å². The highest BCUT2D eigenvalue weighted by molar-refractivity contribution is 5.94. The van der Waals surface area contributed by atoms with Gasteiger partial charge in [-0.3, -0.25) is 4.79 Å². The van der Waals surface area contributed by atoms with E-state index < -0.39 is 0 Å². The number of carbonyl (C=O) groups is 1. The third-order valence-corrected chi connectivity index (χ3v) is 4.34. The molecule has 1 N–H and O–H groups in total. The van der Waals surface area contributed by atoms with Gasteiger partial charge in [0.2, 0.25) is 0 Å². The Hall–Kier alpha value is -1.31. The van der Waals surface area contributed by atoms with Gasteiger partial charge in [-0.25, -0.2) is 0 Å². The molecule has 98 valence electrons. The van der Waals surface area contributed by atoms with Crippen LogP contribution in [-0.2, 0) is 0 Å². The van der Waals surface area contributed by atoms with Crippen LogP contribution in [0.3, 0.4) is 0 Å². The van der Waals surface area contributed by atoms with Crippen molar-refractivity contribution in [3.05, 3.63) is 35.4 Å². The maximum Gasteiger partial charge on any atom is 0.251 e. The Kier molecular flexibility index (Phi) is 4.05. The van der Waals surface area contributed by atoms with Crippen molar-refractivity contribution in [3.8, 4) is 0 Å². The van der Waals surface area contributed by atoms with E-state index in [-0.39, 0.29) is 5.91 Å². The summed E-state index contributed by atoms with van der Waals surface area (Å²) in [5.41, 5.74) is 1.96. The van der Waals surface area contributed by atoms with Crippen molar-refractivity contribution in [2.45, 2.75) is 46.1 Å². The lowest BCUT2D eigenvalue weighted by molar-refractivity contribution is 0.0891. The zero-order chi connectivity index (χ0) is 13.1. The summed E-state index contributed by atoms with van der Waals surface area (Å²) in [6, 6.07) is 8.12. The fraction of sp³-hybridized carbons (Fsp3) is 0.562. The second-order valence-corrected chi connectivity index (χ2v) is 5.71. The van der Waals surface area contributed by atoms with Crippen LogP contribution in [0.15, 0.2) is 24.3 Å². The molecule has 18 heavy (non-hydrogen) atoms. The molecule has 0 aliphatic heterocycles. The zero-order valence-electron chi connectivity index (χ0n) is 11.6. The van der Waals surface area contributed by atoms with Gasteiger partial charge >= 0.3 is 0 Å². The average Bonchev–Trinajstić information content (AvgIpc) is 2.36. The van der Waals surface area contributed by atoms with Crippen LogP contribution >= 0.6 is 0 Å². The Morgan fingerprint density at radius 3 is 2.50 bits per heavy atom. The number of hydrogen-bond donors (Lipinski definition) is 1. The molecule has 2 heteroatoms. The van der Waals surface area contributed by atoms with Crippen molar-refractivity contribution in [3.63, 3.8) is 0 Å². The summed E-state index contributed by atoms with van der Waals surface area (Å²) in [6.45, 7) is 6.57. The minimum atomic E-state index is 0.0703. The van der Waals surface area contributed by atoms with Gasteiger partial charge in [-0.1, -0.05) is 44.4 Å². The summed E-state index contributed by atoms with van der Waals surface area (Å²) in [5.74, 6) is 1.36. The van der Waals surface area contributed by atoms with Crippen LogP contribution in [0.5, 0.6) is 0 Å². The van der Waals surface area contributed by atoms with Gasteiger partial charge in [-0.2, -0.15) is 0 Å². The third-order valence-electron chi connectivity index (χ3n) is 4.34. The van der Waals surface area contributed by atoms with Crippen LogP contribution in [-0.4, -0.2) is 11.9 Å². The van der Waals surface area contributed by atoms with Crippen LogP contribution in [0, 0.1) is 18.8 Å². The Morgan fingerprint density at radius 2 is 1.83 bits per heavy atom. The zero-order valence-corrected chi connectivity index (χ0v) is 11.6. The number of aryl methyl sites for hydroxylation is 1. The molecule has 0 radical (unpaired) electrons. The van der Waals surface area contributed by atoms with Gasteiger partial charge in [0.15, 0.2) is 0 Å². The van der Waals surface area contributed by atoms with Gasteiger partial charge in [0.05, 0.1) is 0 Å². The minimum Gasteiger partial charge on any atom is -0.349 e. The summed E-state index contributed by atoms with van der Waals surface area (Å²) in [5, 5.41) is 3.20. The molecule has 3 atom stereocenters. The molecule has 1 aliphatic carbocycles. The number of amides is 1. The fourth-order valence-corrected chi connectivity index (χ4v) is 2.74. The summed E-state index contributed by atoms with van der Waals surface area (Å²) in [6.07, 6.45) is 3.63. The molecule has 2 nitrogen and oxygen atoms in total. The van der Waals surface area contributed by atoms with Gasteiger partial charge in [-0.15, -0.1) is 0 Å². The van der Waals surface area contributed by atoms with Gasteiger partial charge < -0.3 is 5.32 Å². The van der Waals surface area contributed by atoms with E-state index in [1.165, 1.54) is 18.4 Å². The first kappa shape index (κ1) is 13.1. The van der Waals surface area contributed by atoms with E-state index in [2.05, 4.69) is 19.2 Å². The number of carbonyl (C=O) groups excluding carboxylic acids is 1. The van der Waals surface area contributed by atoms with E-state index in [1.807, 2.05) is 31.2 Å². The van der Waals surface area contributed by atoms with E-state index in [0.717, 1.165) is 12.0 Å². The van der Waals surface area contributed by atoms with Gasteiger partial charge in [0.1, 0.15) is 0 Å². The lowest BCUT2D eigenvalue weighted by atomic mass is 9.78. The quantitative estimate of drug-likeness (QED) is 0.848. The highest BCUT2D eigenvalue weighted by Gasteiger charge is 2.28. The molecule has 1 aliphatic rings. The van der Waals surface area contributed by atoms with Gasteiger partial charge in [-0.05, 0) is 37.3 Å². The predicted octanol–water partition coefficient (Wildman–Crippen LogP) is 3.55. The molecule has 0 saturated heterocycles. The van der Waals surface area contributed by atoms with E-state index in [4.69, 9.17) is 0 Å². The Morgan fingerprint density at radius 1 is 1.17 bits per heavy atom. The topological polar surface area (TPSA) is 29.1 Å². The average molecular weight is 245 g/mol. The molecule has 0 bridgehead atoms. The van der Waals surface area contributed by atoms with E-state index in [1.54, 1.807) is 0 Å². The molecule has 0 aromatic heterocycles. The van der Waals surface area contributed by atoms with Crippen molar-refractivity contribution in [2.24, 2.45) is 11.8 Å². The molecule has 1 fully saturated rings. The molecule has 1 saturated carbocycles. The van der Waals surface area contributed by atoms with Crippen LogP contribution in [0.1, 0.15) is 49.0 Å². The monoisotopic (exact) mass is 245 g/mol. The molecule has 0 unspecified atom stereocenters. The largest absolute Gasteiger partial charge is 0.349 e. The summed E-state index contributed by atoms with van der Waals surface area (Å²) in [4.78, 5) is 12.2. The van der Waals surface area contributed by atoms with Crippen LogP contribution in [0.25, 0.3) is 0 Å². The van der Waals surface area contributed by atoms with E-state index >= 15 is 0 Å². The first-order chi connectivity index (χ1) is 8.58. The standard InChI is InChI=1S/C16H23NO/c1-11-7-9-14(10-8-11)16(18)17-15-6-4-5-12(2)13(15)3/h7-10,12-13,15H,4-6H2,1-3H3,(H,17,18)/t12-,13+,15-/m1/s1. The van der Waals surface area contributed by atoms with Crippen LogP contribution in [0.2, 0.25) is 0 Å². The Labute approximate surface area is 110 Å². The van der Waals surface area contributed by atoms with Crippen LogP contribution < -0.4 is 5.32 Å². The lowest BCUT2D eigenvalue weighted by Crippen LogP contribution is -2.43. The molecule has 1 aromatic carbocycles. The van der Waals surface area contributed by atoms with Crippen LogP contribution in [0.4, 0.5) is 0 Å². The van der Waals surface area contributed by atoms with Gasteiger partial charge in [0, 0.05) is 11.6 Å². The molecular formula is C16H23NO. The number of hydrogen-bond acceptors (Lipinski definition) is 1. The Balaban J connectivity index is 2.00. The molecule has 1 aromatic rings. The first-order valence-corrected chi connectivity index (χ1v) is 6.95. The number of benzene rings is 1. The summed E-state index contributed by atoms with van der Waals surface area (Å²) >= 11 is 0. The molecule has 2 rings (SSSR count). The SMILES string of the molecule is Cc1ccc(C(=O)N[C@@H]2CCC[C@@H](C)[C@@H]2C)cc1. The second kappa shape index (κ2) is 5.55. The van der Waals surface area contributed by atoms with Crippen molar-refractivity contribution in [1.82, 2.24) is 5.32 Å². The van der Waals surface area contributed by atoms with Crippen molar-refractivity contribution in [2.75, 3.05) is 0 Å². The highest BCUT2D eigenvalue weighted by Crippen LogP contribution is 2.29. The second-order valence-electron chi connectivity index (χ2n) is 5.71. The third kappa shape index (κ3) is 2.92. The summed E-state index contributed by atoms with van der Waals surface area (Å²) in [7, 11) is 0. The molecular weight excluding hydrogens is 222 g/mol. The first-order valence-electron chi connectivity index (χ1n) is 6.95. The maximum atomic E-state index is 12.2. The number of nitrogens with one attached hydrogen (secondary N) is 1. The van der Waals surface area contributed by atoms with Crippen molar-refractivity contribution >= 4 is 5.91 Å². The highest BCUT2D eigenvalue weighted by atomic mass is 16.1. The maximum absolute atomic E-state index is 12.2. The van der Waals surface area contributed by atoms with E-state index in [0.29, 0.717) is 17.9 Å². The lowest BCUT2D eigenvalue weighted by Gasteiger charge is -2.34. The Bertz CT molecular complexity index is 410. The molecule has 1 amide bonds. The molecule has 0 spiro atoms. The predicted molar refractivity (Wildman–Crippen MR) is 74.6 cm³/mol. The molecule has 0 heterocycles. The van der Waals surface area contributed by atoms with E-state index in [9.17, 15) is 4.79 Å².